The quantitative estimate of drug-likeness (QED) is 0.786. The Morgan fingerprint density at radius 3 is 3.12 bits per heavy atom. The largest absolute Gasteiger partial charge is 0.352 e. The standard InChI is InChI=1S/C11H14N6/c1-3-16(7-9(2)6-12)10-11-15-14-8-17(11)5-4-13-10/h4-5,8-9H,3,7H2,1-2H3. The Hall–Kier alpha value is -2.16. The van der Waals surface area contributed by atoms with E-state index in [2.05, 4.69) is 21.3 Å². The average Bonchev–Trinajstić information content (AvgIpc) is 2.83. The Morgan fingerprint density at radius 1 is 1.59 bits per heavy atom. The summed E-state index contributed by atoms with van der Waals surface area (Å²) in [6.45, 7) is 5.36. The van der Waals surface area contributed by atoms with Gasteiger partial charge < -0.3 is 4.90 Å². The molecule has 0 bridgehead atoms. The van der Waals surface area contributed by atoms with Gasteiger partial charge in [-0.3, -0.25) is 4.40 Å². The molecule has 0 radical (unpaired) electrons. The molecule has 17 heavy (non-hydrogen) atoms. The minimum atomic E-state index is -0.0417. The second-order valence-electron chi connectivity index (χ2n) is 3.88. The van der Waals surface area contributed by atoms with Crippen LogP contribution in [0, 0.1) is 17.2 Å². The fourth-order valence-corrected chi connectivity index (χ4v) is 1.71. The molecule has 0 saturated heterocycles. The van der Waals surface area contributed by atoms with Gasteiger partial charge in [0.2, 0.25) is 5.65 Å². The molecule has 0 aromatic carbocycles. The molecule has 0 aliphatic rings. The molecule has 88 valence electrons. The third-order valence-electron chi connectivity index (χ3n) is 2.59. The van der Waals surface area contributed by atoms with Crippen LogP contribution in [0.5, 0.6) is 0 Å². The normalized spacial score (nSPS) is 12.3. The number of fused-ring (bicyclic) bond motifs is 1. The van der Waals surface area contributed by atoms with Gasteiger partial charge in [0.1, 0.15) is 6.33 Å². The van der Waals surface area contributed by atoms with E-state index < -0.39 is 0 Å². The van der Waals surface area contributed by atoms with E-state index in [1.165, 1.54) is 0 Å². The molecule has 2 heterocycles. The Bertz CT molecular complexity index is 540. The lowest BCUT2D eigenvalue weighted by atomic mass is 10.2. The number of hydrogen-bond acceptors (Lipinski definition) is 5. The van der Waals surface area contributed by atoms with Gasteiger partial charge in [-0.2, -0.15) is 5.26 Å². The van der Waals surface area contributed by atoms with E-state index >= 15 is 0 Å². The third-order valence-corrected chi connectivity index (χ3v) is 2.59. The molecular weight excluding hydrogens is 216 g/mol. The first-order valence-corrected chi connectivity index (χ1v) is 5.55. The summed E-state index contributed by atoms with van der Waals surface area (Å²) in [6.07, 6.45) is 5.16. The molecule has 2 rings (SSSR count). The van der Waals surface area contributed by atoms with E-state index in [-0.39, 0.29) is 5.92 Å². The number of anilines is 1. The molecule has 0 N–H and O–H groups in total. The highest BCUT2D eigenvalue weighted by molar-refractivity contribution is 5.63. The zero-order chi connectivity index (χ0) is 12.3. The second-order valence-corrected chi connectivity index (χ2v) is 3.88. The summed E-state index contributed by atoms with van der Waals surface area (Å²) in [5, 5.41) is 16.8. The molecule has 6 heteroatoms. The van der Waals surface area contributed by atoms with Crippen LogP contribution in [0.4, 0.5) is 5.82 Å². The lowest BCUT2D eigenvalue weighted by Gasteiger charge is -2.22. The van der Waals surface area contributed by atoms with Crippen molar-refractivity contribution in [2.75, 3.05) is 18.0 Å². The lowest BCUT2D eigenvalue weighted by Crippen LogP contribution is -2.29. The van der Waals surface area contributed by atoms with Crippen molar-refractivity contribution in [2.24, 2.45) is 5.92 Å². The molecule has 0 spiro atoms. The Kier molecular flexibility index (Phi) is 3.19. The van der Waals surface area contributed by atoms with Crippen molar-refractivity contribution in [1.82, 2.24) is 19.6 Å². The molecule has 1 atom stereocenters. The highest BCUT2D eigenvalue weighted by Crippen LogP contribution is 2.16. The molecular formula is C11H14N6. The summed E-state index contributed by atoms with van der Waals surface area (Å²) in [5.41, 5.74) is 0.722. The Balaban J connectivity index is 2.36. The van der Waals surface area contributed by atoms with Gasteiger partial charge in [-0.15, -0.1) is 10.2 Å². The zero-order valence-corrected chi connectivity index (χ0v) is 9.91. The first-order chi connectivity index (χ1) is 8.26. The summed E-state index contributed by atoms with van der Waals surface area (Å²) in [4.78, 5) is 6.37. The molecule has 0 amide bonds. The van der Waals surface area contributed by atoms with Crippen LogP contribution in [0.15, 0.2) is 18.7 Å². The Labute approximate surface area is 99.5 Å². The van der Waals surface area contributed by atoms with Gasteiger partial charge >= 0.3 is 0 Å². The molecule has 2 aromatic rings. The highest BCUT2D eigenvalue weighted by Gasteiger charge is 2.14. The molecule has 6 nitrogen and oxygen atoms in total. The first-order valence-electron chi connectivity index (χ1n) is 5.55. The summed E-state index contributed by atoms with van der Waals surface area (Å²) in [6, 6.07) is 2.23. The van der Waals surface area contributed by atoms with E-state index in [4.69, 9.17) is 5.26 Å². The highest BCUT2D eigenvalue weighted by atomic mass is 15.3. The van der Waals surface area contributed by atoms with Gasteiger partial charge in [0.15, 0.2) is 5.82 Å². The minimum absolute atomic E-state index is 0.0417. The van der Waals surface area contributed by atoms with Gasteiger partial charge in [-0.25, -0.2) is 4.98 Å². The average molecular weight is 230 g/mol. The molecule has 1 unspecified atom stereocenters. The minimum Gasteiger partial charge on any atom is -0.352 e. The van der Waals surface area contributed by atoms with Crippen LogP contribution in [-0.4, -0.2) is 32.7 Å². The lowest BCUT2D eigenvalue weighted by molar-refractivity contribution is 0.679. The van der Waals surface area contributed by atoms with Crippen molar-refractivity contribution in [3.05, 3.63) is 18.7 Å². The zero-order valence-electron chi connectivity index (χ0n) is 9.91. The molecule has 0 aliphatic heterocycles. The van der Waals surface area contributed by atoms with E-state index in [0.29, 0.717) is 6.54 Å². The van der Waals surface area contributed by atoms with Gasteiger partial charge in [-0.05, 0) is 13.8 Å². The van der Waals surface area contributed by atoms with Crippen molar-refractivity contribution >= 4 is 11.5 Å². The molecule has 0 fully saturated rings. The Morgan fingerprint density at radius 2 is 2.41 bits per heavy atom. The summed E-state index contributed by atoms with van der Waals surface area (Å²) in [7, 11) is 0. The van der Waals surface area contributed by atoms with Crippen LogP contribution < -0.4 is 4.90 Å². The molecule has 0 aliphatic carbocycles. The van der Waals surface area contributed by atoms with Crippen molar-refractivity contribution in [3.63, 3.8) is 0 Å². The fourth-order valence-electron chi connectivity index (χ4n) is 1.71. The fraction of sp³-hybridized carbons (Fsp3) is 0.455. The smallest absolute Gasteiger partial charge is 0.203 e. The number of hydrogen-bond donors (Lipinski definition) is 0. The van der Waals surface area contributed by atoms with E-state index in [1.54, 1.807) is 18.7 Å². The second kappa shape index (κ2) is 4.78. The number of rotatable bonds is 4. The van der Waals surface area contributed by atoms with Gasteiger partial charge in [0.05, 0.1) is 12.0 Å². The van der Waals surface area contributed by atoms with Crippen molar-refractivity contribution in [1.29, 1.82) is 5.26 Å². The number of nitriles is 1. The van der Waals surface area contributed by atoms with Crippen LogP contribution in [0.3, 0.4) is 0 Å². The number of aromatic nitrogens is 4. The summed E-state index contributed by atoms with van der Waals surface area (Å²) < 4.78 is 1.82. The van der Waals surface area contributed by atoms with Gasteiger partial charge in [-0.1, -0.05) is 0 Å². The monoisotopic (exact) mass is 230 g/mol. The van der Waals surface area contributed by atoms with E-state index in [1.807, 2.05) is 23.1 Å². The maximum absolute atomic E-state index is 8.87. The predicted molar refractivity (Wildman–Crippen MR) is 63.4 cm³/mol. The SMILES string of the molecule is CCN(CC(C)C#N)c1nccn2cnnc12. The maximum atomic E-state index is 8.87. The first kappa shape index (κ1) is 11.3. The van der Waals surface area contributed by atoms with Gasteiger partial charge in [0, 0.05) is 25.5 Å². The summed E-state index contributed by atoms with van der Waals surface area (Å²) in [5.74, 6) is 0.731. The van der Waals surface area contributed by atoms with Crippen LogP contribution in [0.25, 0.3) is 5.65 Å². The topological polar surface area (TPSA) is 70.1 Å². The van der Waals surface area contributed by atoms with Gasteiger partial charge in [0.25, 0.3) is 0 Å². The molecule has 0 saturated carbocycles. The maximum Gasteiger partial charge on any atom is 0.203 e. The van der Waals surface area contributed by atoms with E-state index in [0.717, 1.165) is 18.0 Å². The van der Waals surface area contributed by atoms with Crippen molar-refractivity contribution < 1.29 is 0 Å². The number of nitrogens with zero attached hydrogens (tertiary/aromatic N) is 6. The third kappa shape index (κ3) is 2.18. The van der Waals surface area contributed by atoms with Crippen LogP contribution >= 0.6 is 0 Å². The van der Waals surface area contributed by atoms with Crippen LogP contribution in [-0.2, 0) is 0 Å². The predicted octanol–water partition coefficient (Wildman–Crippen LogP) is 1.11. The van der Waals surface area contributed by atoms with Crippen molar-refractivity contribution in [3.8, 4) is 6.07 Å². The van der Waals surface area contributed by atoms with Crippen molar-refractivity contribution in [2.45, 2.75) is 13.8 Å². The van der Waals surface area contributed by atoms with Crippen LogP contribution in [0.2, 0.25) is 0 Å². The van der Waals surface area contributed by atoms with E-state index in [9.17, 15) is 0 Å². The van der Waals surface area contributed by atoms with Crippen LogP contribution in [0.1, 0.15) is 13.8 Å². The molecule has 2 aromatic heterocycles. The summed E-state index contributed by atoms with van der Waals surface area (Å²) >= 11 is 0.